The van der Waals surface area contributed by atoms with E-state index < -0.39 is 10.0 Å². The normalized spacial score (nSPS) is 15.7. The number of para-hydroxylation sites is 1. The highest BCUT2D eigenvalue weighted by Crippen LogP contribution is 2.31. The molecule has 0 spiro atoms. The maximum absolute atomic E-state index is 12.4. The number of amides is 1. The van der Waals surface area contributed by atoms with Gasteiger partial charge in [-0.15, -0.1) is 0 Å². The van der Waals surface area contributed by atoms with E-state index in [1.54, 1.807) is 12.1 Å². The first-order valence-corrected chi connectivity index (χ1v) is 12.4. The minimum atomic E-state index is -3.54. The van der Waals surface area contributed by atoms with E-state index in [-0.39, 0.29) is 17.2 Å². The average molecular weight is 460 g/mol. The second-order valence-corrected chi connectivity index (χ2v) is 10.5. The van der Waals surface area contributed by atoms with Gasteiger partial charge >= 0.3 is 0 Å². The van der Waals surface area contributed by atoms with Gasteiger partial charge in [0.2, 0.25) is 15.9 Å². The standard InChI is InChI=1S/C24H33N3O4S/c1-18-16-19-8-5-6-9-22(19)27(18)15-7-14-25-24(28)13-10-20-17-21(11-12-23(20)31-4)32(29,30)26(2)3/h5-6,8-9,11-12,17-18H,7,10,13-16H2,1-4H3,(H,25,28)/t18-/m0/s1. The molecule has 1 N–H and O–H groups in total. The second kappa shape index (κ2) is 10.4. The van der Waals surface area contributed by atoms with Gasteiger partial charge in [0.15, 0.2) is 0 Å². The van der Waals surface area contributed by atoms with Crippen LogP contribution in [0, 0.1) is 0 Å². The maximum Gasteiger partial charge on any atom is 0.242 e. The zero-order valence-corrected chi connectivity index (χ0v) is 20.1. The molecule has 2 aromatic rings. The van der Waals surface area contributed by atoms with Gasteiger partial charge < -0.3 is 15.0 Å². The SMILES string of the molecule is COc1ccc(S(=O)(=O)N(C)C)cc1CCC(=O)NCCCN1c2ccccc2C[C@@H]1C. The average Bonchev–Trinajstić information content (AvgIpc) is 3.09. The fourth-order valence-corrected chi connectivity index (χ4v) is 5.06. The maximum atomic E-state index is 12.4. The molecule has 2 aromatic carbocycles. The van der Waals surface area contributed by atoms with Crippen molar-refractivity contribution in [3.63, 3.8) is 0 Å². The molecule has 0 unspecified atom stereocenters. The summed E-state index contributed by atoms with van der Waals surface area (Å²) in [4.78, 5) is 15.0. The number of anilines is 1. The van der Waals surface area contributed by atoms with Crippen LogP contribution >= 0.6 is 0 Å². The summed E-state index contributed by atoms with van der Waals surface area (Å²) < 4.78 is 31.3. The van der Waals surface area contributed by atoms with E-state index in [1.807, 2.05) is 0 Å². The van der Waals surface area contributed by atoms with Crippen molar-refractivity contribution in [2.45, 2.75) is 43.5 Å². The van der Waals surface area contributed by atoms with E-state index in [0.717, 1.165) is 19.4 Å². The molecular formula is C24H33N3O4S. The van der Waals surface area contributed by atoms with Crippen LogP contribution in [0.5, 0.6) is 5.75 Å². The van der Waals surface area contributed by atoms with Crippen LogP contribution in [0.3, 0.4) is 0 Å². The van der Waals surface area contributed by atoms with Gasteiger partial charge in [-0.25, -0.2) is 12.7 Å². The molecule has 1 aliphatic rings. The summed E-state index contributed by atoms with van der Waals surface area (Å²) >= 11 is 0. The van der Waals surface area contributed by atoms with Gasteiger partial charge in [-0.05, 0) is 61.6 Å². The minimum Gasteiger partial charge on any atom is -0.496 e. The molecule has 1 aliphatic heterocycles. The number of methoxy groups -OCH3 is 1. The van der Waals surface area contributed by atoms with Crippen LogP contribution in [-0.2, 0) is 27.7 Å². The number of aryl methyl sites for hydroxylation is 1. The summed E-state index contributed by atoms with van der Waals surface area (Å²) in [6.07, 6.45) is 2.60. The van der Waals surface area contributed by atoms with Crippen molar-refractivity contribution in [2.24, 2.45) is 0 Å². The molecule has 1 amide bonds. The van der Waals surface area contributed by atoms with Crippen molar-refractivity contribution in [1.82, 2.24) is 9.62 Å². The van der Waals surface area contributed by atoms with Crippen molar-refractivity contribution >= 4 is 21.6 Å². The highest BCUT2D eigenvalue weighted by atomic mass is 32.2. The Morgan fingerprint density at radius 2 is 1.97 bits per heavy atom. The third kappa shape index (κ3) is 5.42. The topological polar surface area (TPSA) is 79.0 Å². The third-order valence-electron chi connectivity index (χ3n) is 5.90. The van der Waals surface area contributed by atoms with Gasteiger partial charge in [-0.1, -0.05) is 18.2 Å². The van der Waals surface area contributed by atoms with Gasteiger partial charge in [0.05, 0.1) is 12.0 Å². The van der Waals surface area contributed by atoms with Crippen LogP contribution in [0.2, 0.25) is 0 Å². The fourth-order valence-electron chi connectivity index (χ4n) is 4.11. The third-order valence-corrected chi connectivity index (χ3v) is 7.71. The Labute approximate surface area is 191 Å². The molecule has 0 aromatic heterocycles. The zero-order valence-electron chi connectivity index (χ0n) is 19.3. The smallest absolute Gasteiger partial charge is 0.242 e. The number of carbonyl (C=O) groups is 1. The number of nitrogens with zero attached hydrogens (tertiary/aromatic N) is 2. The van der Waals surface area contributed by atoms with Crippen LogP contribution in [0.1, 0.15) is 30.9 Å². The highest BCUT2D eigenvalue weighted by Gasteiger charge is 2.24. The number of sulfonamides is 1. The number of ether oxygens (including phenoxy) is 1. The van der Waals surface area contributed by atoms with E-state index in [4.69, 9.17) is 4.74 Å². The van der Waals surface area contributed by atoms with E-state index in [1.165, 1.54) is 42.8 Å². The van der Waals surface area contributed by atoms with Gasteiger partial charge in [-0.2, -0.15) is 0 Å². The van der Waals surface area contributed by atoms with Crippen molar-refractivity contribution in [1.29, 1.82) is 0 Å². The quantitative estimate of drug-likeness (QED) is 0.553. The Kier molecular flexibility index (Phi) is 7.79. The molecule has 8 heteroatoms. The first-order chi connectivity index (χ1) is 15.2. The van der Waals surface area contributed by atoms with E-state index in [9.17, 15) is 13.2 Å². The van der Waals surface area contributed by atoms with Crippen molar-refractivity contribution < 1.29 is 17.9 Å². The van der Waals surface area contributed by atoms with Crippen LogP contribution in [-0.4, -0.2) is 59.0 Å². The first-order valence-electron chi connectivity index (χ1n) is 10.9. The molecule has 32 heavy (non-hydrogen) atoms. The van der Waals surface area contributed by atoms with Crippen LogP contribution in [0.25, 0.3) is 0 Å². The summed E-state index contributed by atoms with van der Waals surface area (Å²) in [7, 11) is 0.985. The summed E-state index contributed by atoms with van der Waals surface area (Å²) in [6.45, 7) is 3.74. The molecule has 0 fully saturated rings. The minimum absolute atomic E-state index is 0.0530. The second-order valence-electron chi connectivity index (χ2n) is 8.34. The summed E-state index contributed by atoms with van der Waals surface area (Å²) in [5.74, 6) is 0.528. The summed E-state index contributed by atoms with van der Waals surface area (Å²) in [5, 5.41) is 2.98. The van der Waals surface area contributed by atoms with Gasteiger partial charge in [0, 0.05) is 45.3 Å². The van der Waals surface area contributed by atoms with Gasteiger partial charge in [0.25, 0.3) is 0 Å². The molecule has 1 atom stereocenters. The summed E-state index contributed by atoms with van der Waals surface area (Å²) in [6, 6.07) is 13.7. The van der Waals surface area contributed by atoms with E-state index in [0.29, 0.717) is 30.3 Å². The number of carbonyl (C=O) groups excluding carboxylic acids is 1. The Morgan fingerprint density at radius 1 is 1.22 bits per heavy atom. The Bertz CT molecular complexity index is 1050. The van der Waals surface area contributed by atoms with Gasteiger partial charge in [-0.3, -0.25) is 4.79 Å². The van der Waals surface area contributed by atoms with E-state index >= 15 is 0 Å². The van der Waals surface area contributed by atoms with Crippen molar-refractivity contribution in [3.8, 4) is 5.75 Å². The Balaban J connectivity index is 1.50. The number of fused-ring (bicyclic) bond motifs is 1. The molecule has 3 rings (SSSR count). The Morgan fingerprint density at radius 3 is 2.69 bits per heavy atom. The van der Waals surface area contributed by atoms with Crippen molar-refractivity contribution in [3.05, 3.63) is 53.6 Å². The van der Waals surface area contributed by atoms with E-state index in [2.05, 4.69) is 41.4 Å². The lowest BCUT2D eigenvalue weighted by Gasteiger charge is -2.25. The predicted molar refractivity (Wildman–Crippen MR) is 127 cm³/mol. The molecule has 0 radical (unpaired) electrons. The molecule has 0 aliphatic carbocycles. The van der Waals surface area contributed by atoms with Crippen molar-refractivity contribution in [2.75, 3.05) is 39.2 Å². The lowest BCUT2D eigenvalue weighted by Crippen LogP contribution is -2.33. The largest absolute Gasteiger partial charge is 0.496 e. The molecule has 1 heterocycles. The lowest BCUT2D eigenvalue weighted by molar-refractivity contribution is -0.121. The Hall–Kier alpha value is -2.58. The number of hydrogen-bond acceptors (Lipinski definition) is 5. The zero-order chi connectivity index (χ0) is 23.3. The molecule has 0 saturated heterocycles. The monoisotopic (exact) mass is 459 g/mol. The highest BCUT2D eigenvalue weighted by molar-refractivity contribution is 7.89. The molecule has 7 nitrogen and oxygen atoms in total. The molecule has 174 valence electrons. The lowest BCUT2D eigenvalue weighted by atomic mass is 10.1. The molecular weight excluding hydrogens is 426 g/mol. The van der Waals surface area contributed by atoms with Crippen LogP contribution < -0.4 is 15.0 Å². The van der Waals surface area contributed by atoms with Crippen LogP contribution in [0.15, 0.2) is 47.4 Å². The van der Waals surface area contributed by atoms with Gasteiger partial charge in [0.1, 0.15) is 5.75 Å². The molecule has 0 saturated carbocycles. The number of rotatable bonds is 10. The summed E-state index contributed by atoms with van der Waals surface area (Å²) in [5.41, 5.74) is 3.38. The first kappa shape index (κ1) is 24.1. The van der Waals surface area contributed by atoms with Crippen LogP contribution in [0.4, 0.5) is 5.69 Å². The number of nitrogens with one attached hydrogen (secondary N) is 1. The molecule has 0 bridgehead atoms. The number of hydrogen-bond donors (Lipinski definition) is 1. The fraction of sp³-hybridized carbons (Fsp3) is 0.458. The predicted octanol–water partition coefficient (Wildman–Crippen LogP) is 2.84. The number of benzene rings is 2.